The molecule has 2 aromatic heterocycles. The minimum Gasteiger partial charge on any atom is -0.388 e. The third-order valence-electron chi connectivity index (χ3n) is 3.31. The smallest absolute Gasteiger partial charge is 0.388 e. The summed E-state index contributed by atoms with van der Waals surface area (Å²) in [5.74, 6) is -0.216. The Morgan fingerprint density at radius 3 is 2.70 bits per heavy atom. The van der Waals surface area contributed by atoms with Gasteiger partial charge in [0.1, 0.15) is 6.67 Å². The zero-order valence-electron chi connectivity index (χ0n) is 12.5. The third kappa shape index (κ3) is 3.67. The van der Waals surface area contributed by atoms with Gasteiger partial charge < -0.3 is 4.42 Å². The quantitative estimate of drug-likeness (QED) is 0.719. The van der Waals surface area contributed by atoms with Crippen molar-refractivity contribution in [2.75, 3.05) is 7.05 Å². The predicted octanol–water partition coefficient (Wildman–Crippen LogP) is 2.64. The highest BCUT2D eigenvalue weighted by Crippen LogP contribution is 2.17. The van der Waals surface area contributed by atoms with Crippen molar-refractivity contribution in [1.82, 2.24) is 19.7 Å². The van der Waals surface area contributed by atoms with E-state index in [2.05, 4.69) is 10.1 Å². The highest BCUT2D eigenvalue weighted by atomic mass is 35.5. The average molecular weight is 331 g/mol. The summed E-state index contributed by atoms with van der Waals surface area (Å²) in [6.45, 7) is 0.905. The SMILES string of the molecule is CN(Cc1ccccc1Cl)Cn1nc(-c2ccncc2)oc1=O. The lowest BCUT2D eigenvalue weighted by Gasteiger charge is -2.16. The van der Waals surface area contributed by atoms with Gasteiger partial charge >= 0.3 is 5.76 Å². The van der Waals surface area contributed by atoms with Crippen LogP contribution in [-0.2, 0) is 13.2 Å². The molecule has 3 aromatic rings. The summed E-state index contributed by atoms with van der Waals surface area (Å²) in [4.78, 5) is 17.8. The van der Waals surface area contributed by atoms with Crippen molar-refractivity contribution < 1.29 is 4.42 Å². The number of pyridine rings is 1. The van der Waals surface area contributed by atoms with Crippen LogP contribution in [0.3, 0.4) is 0 Å². The van der Waals surface area contributed by atoms with Crippen molar-refractivity contribution in [3.8, 4) is 11.5 Å². The fraction of sp³-hybridized carbons (Fsp3) is 0.188. The molecule has 0 amide bonds. The summed E-state index contributed by atoms with van der Waals surface area (Å²) in [7, 11) is 1.89. The van der Waals surface area contributed by atoms with Crippen LogP contribution in [0.1, 0.15) is 5.56 Å². The molecule has 6 nitrogen and oxygen atoms in total. The number of hydrogen-bond acceptors (Lipinski definition) is 5. The second-order valence-electron chi connectivity index (χ2n) is 5.16. The topological polar surface area (TPSA) is 64.2 Å². The van der Waals surface area contributed by atoms with Crippen LogP contribution in [-0.4, -0.2) is 26.7 Å². The summed E-state index contributed by atoms with van der Waals surface area (Å²) in [6.07, 6.45) is 3.25. The molecule has 1 aromatic carbocycles. The van der Waals surface area contributed by atoms with Gasteiger partial charge in [0.2, 0.25) is 5.89 Å². The Morgan fingerprint density at radius 2 is 1.96 bits per heavy atom. The molecule has 2 heterocycles. The maximum absolute atomic E-state index is 11.9. The molecule has 23 heavy (non-hydrogen) atoms. The number of benzene rings is 1. The lowest BCUT2D eigenvalue weighted by Crippen LogP contribution is -2.28. The first-order chi connectivity index (χ1) is 11.1. The number of aromatic nitrogens is 3. The average Bonchev–Trinajstić information content (AvgIpc) is 2.91. The van der Waals surface area contributed by atoms with E-state index in [1.54, 1.807) is 24.5 Å². The Labute approximate surface area is 137 Å². The Kier molecular flexibility index (Phi) is 4.55. The molecule has 0 aliphatic rings. The molecule has 0 bridgehead atoms. The Hall–Kier alpha value is -2.44. The monoisotopic (exact) mass is 330 g/mol. The highest BCUT2D eigenvalue weighted by molar-refractivity contribution is 6.31. The van der Waals surface area contributed by atoms with Crippen molar-refractivity contribution in [3.05, 3.63) is 69.9 Å². The van der Waals surface area contributed by atoms with Gasteiger partial charge in [-0.2, -0.15) is 4.68 Å². The molecular formula is C16H15ClN4O2. The molecule has 0 N–H and O–H groups in total. The van der Waals surface area contributed by atoms with E-state index in [-0.39, 0.29) is 5.89 Å². The van der Waals surface area contributed by atoms with Crippen LogP contribution in [0.15, 0.2) is 58.0 Å². The summed E-state index contributed by atoms with van der Waals surface area (Å²) < 4.78 is 6.48. The molecule has 7 heteroatoms. The van der Waals surface area contributed by atoms with Crippen LogP contribution in [0.25, 0.3) is 11.5 Å². The first-order valence-corrected chi connectivity index (χ1v) is 7.41. The summed E-state index contributed by atoms with van der Waals surface area (Å²) >= 11 is 6.15. The molecule has 0 saturated carbocycles. The van der Waals surface area contributed by atoms with E-state index in [1.807, 2.05) is 36.2 Å². The molecule has 3 rings (SSSR count). The Morgan fingerprint density at radius 1 is 1.22 bits per heavy atom. The molecule has 0 aliphatic carbocycles. The number of rotatable bonds is 5. The van der Waals surface area contributed by atoms with Gasteiger partial charge in [0, 0.05) is 29.5 Å². The van der Waals surface area contributed by atoms with E-state index in [0.29, 0.717) is 23.8 Å². The minimum atomic E-state index is -0.497. The fourth-order valence-electron chi connectivity index (χ4n) is 2.20. The first-order valence-electron chi connectivity index (χ1n) is 7.04. The van der Waals surface area contributed by atoms with Crippen molar-refractivity contribution in [2.24, 2.45) is 0 Å². The van der Waals surface area contributed by atoms with E-state index in [9.17, 15) is 4.79 Å². The Balaban J connectivity index is 1.74. The largest absolute Gasteiger partial charge is 0.438 e. The molecule has 0 saturated heterocycles. The van der Waals surface area contributed by atoms with Crippen molar-refractivity contribution in [2.45, 2.75) is 13.2 Å². The second-order valence-corrected chi connectivity index (χ2v) is 5.56. The fourth-order valence-corrected chi connectivity index (χ4v) is 2.40. The van der Waals surface area contributed by atoms with Crippen molar-refractivity contribution in [3.63, 3.8) is 0 Å². The van der Waals surface area contributed by atoms with Gasteiger partial charge in [0.25, 0.3) is 0 Å². The van der Waals surface area contributed by atoms with Crippen LogP contribution >= 0.6 is 11.6 Å². The van der Waals surface area contributed by atoms with Crippen LogP contribution in [0.2, 0.25) is 5.02 Å². The van der Waals surface area contributed by atoms with E-state index in [4.69, 9.17) is 16.0 Å². The highest BCUT2D eigenvalue weighted by Gasteiger charge is 2.12. The van der Waals surface area contributed by atoms with Crippen LogP contribution in [0.5, 0.6) is 0 Å². The van der Waals surface area contributed by atoms with Gasteiger partial charge in [-0.1, -0.05) is 29.8 Å². The maximum Gasteiger partial charge on any atom is 0.438 e. The van der Waals surface area contributed by atoms with Gasteiger partial charge in [0.05, 0.1) is 0 Å². The van der Waals surface area contributed by atoms with Gasteiger partial charge in [0.15, 0.2) is 0 Å². The van der Waals surface area contributed by atoms with E-state index in [1.165, 1.54) is 4.68 Å². The molecule has 0 spiro atoms. The zero-order chi connectivity index (χ0) is 16.2. The molecule has 0 unspecified atom stereocenters. The first kappa shape index (κ1) is 15.5. The summed E-state index contributed by atoms with van der Waals surface area (Å²) in [5.41, 5.74) is 1.70. The number of nitrogens with zero attached hydrogens (tertiary/aromatic N) is 4. The maximum atomic E-state index is 11.9. The summed E-state index contributed by atoms with van der Waals surface area (Å²) in [6, 6.07) is 11.1. The molecule has 0 atom stereocenters. The number of hydrogen-bond donors (Lipinski definition) is 0. The lowest BCUT2D eigenvalue weighted by atomic mass is 10.2. The van der Waals surface area contributed by atoms with Crippen LogP contribution in [0.4, 0.5) is 0 Å². The molecule has 0 radical (unpaired) electrons. The normalized spacial score (nSPS) is 11.1. The summed E-state index contributed by atoms with van der Waals surface area (Å²) in [5, 5.41) is 4.92. The van der Waals surface area contributed by atoms with Gasteiger partial charge in [-0.05, 0) is 30.8 Å². The minimum absolute atomic E-state index is 0.281. The van der Waals surface area contributed by atoms with Crippen molar-refractivity contribution >= 4 is 11.6 Å². The second kappa shape index (κ2) is 6.76. The Bertz CT molecular complexity index is 845. The molecular weight excluding hydrogens is 316 g/mol. The predicted molar refractivity (Wildman–Crippen MR) is 86.9 cm³/mol. The van der Waals surface area contributed by atoms with Crippen LogP contribution in [0, 0.1) is 0 Å². The number of halogens is 1. The molecule has 0 fully saturated rings. The zero-order valence-corrected chi connectivity index (χ0v) is 13.3. The van der Waals surface area contributed by atoms with Crippen LogP contribution < -0.4 is 5.76 Å². The third-order valence-corrected chi connectivity index (χ3v) is 3.68. The van der Waals surface area contributed by atoms with Gasteiger partial charge in [-0.25, -0.2) is 4.79 Å². The van der Waals surface area contributed by atoms with Gasteiger partial charge in [-0.3, -0.25) is 9.88 Å². The lowest BCUT2D eigenvalue weighted by molar-refractivity contribution is 0.237. The van der Waals surface area contributed by atoms with E-state index < -0.39 is 5.76 Å². The van der Waals surface area contributed by atoms with E-state index >= 15 is 0 Å². The molecule has 118 valence electrons. The van der Waals surface area contributed by atoms with Crippen molar-refractivity contribution in [1.29, 1.82) is 0 Å². The standard InChI is InChI=1S/C16H15ClN4O2/c1-20(10-13-4-2-3-5-14(13)17)11-21-16(22)23-15(19-21)12-6-8-18-9-7-12/h2-9H,10-11H2,1H3. The van der Waals surface area contributed by atoms with Gasteiger partial charge in [-0.15, -0.1) is 5.10 Å². The van der Waals surface area contributed by atoms with E-state index in [0.717, 1.165) is 5.56 Å². The molecule has 0 aliphatic heterocycles.